The lowest BCUT2D eigenvalue weighted by Gasteiger charge is -2.41. The molecule has 0 spiro atoms. The molecule has 1 saturated heterocycles. The number of ether oxygens (including phenoxy) is 4. The molecule has 2 aromatic rings. The van der Waals surface area contributed by atoms with Gasteiger partial charge in [0.25, 0.3) is 0 Å². The Balaban J connectivity index is 1.76. The molecular formula is C29H38N2O6. The van der Waals surface area contributed by atoms with Crippen molar-refractivity contribution in [3.8, 4) is 23.0 Å². The third-order valence-corrected chi connectivity index (χ3v) is 7.52. The lowest BCUT2D eigenvalue weighted by molar-refractivity contribution is -0.130. The normalized spacial score (nSPS) is 20.6. The number of hydrogen-bond donors (Lipinski definition) is 1. The molecule has 2 aromatic carbocycles. The van der Waals surface area contributed by atoms with E-state index >= 15 is 0 Å². The fourth-order valence-electron chi connectivity index (χ4n) is 5.59. The van der Waals surface area contributed by atoms with Gasteiger partial charge in [0.2, 0.25) is 17.6 Å². The number of methoxy groups -OCH3 is 4. The van der Waals surface area contributed by atoms with Gasteiger partial charge >= 0.3 is 0 Å². The van der Waals surface area contributed by atoms with Crippen LogP contribution >= 0.6 is 0 Å². The fourth-order valence-corrected chi connectivity index (χ4v) is 5.59. The summed E-state index contributed by atoms with van der Waals surface area (Å²) < 4.78 is 22.0. The molecule has 1 aliphatic carbocycles. The predicted molar refractivity (Wildman–Crippen MR) is 142 cm³/mol. The SMILES string of the molecule is COc1ccc(C2C(C(=O)NC3CCCCCC3)CCC(=O)N2c2cc(OC)c(OC)c(OC)c2)cc1. The van der Waals surface area contributed by atoms with E-state index in [1.807, 2.05) is 24.3 Å². The van der Waals surface area contributed by atoms with Gasteiger partial charge in [-0.1, -0.05) is 37.8 Å². The van der Waals surface area contributed by atoms with Crippen LogP contribution in [0.4, 0.5) is 5.69 Å². The number of carbonyl (C=O) groups excluding carboxylic acids is 2. The van der Waals surface area contributed by atoms with E-state index in [1.165, 1.54) is 12.8 Å². The average Bonchev–Trinajstić information content (AvgIpc) is 3.20. The number of piperidine rings is 1. The Kier molecular flexibility index (Phi) is 8.79. The second-order valence-electron chi connectivity index (χ2n) is 9.71. The summed E-state index contributed by atoms with van der Waals surface area (Å²) in [6, 6.07) is 10.8. The van der Waals surface area contributed by atoms with E-state index in [9.17, 15) is 9.59 Å². The Labute approximate surface area is 219 Å². The molecule has 200 valence electrons. The van der Waals surface area contributed by atoms with E-state index in [0.29, 0.717) is 35.1 Å². The molecule has 4 rings (SSSR count). The van der Waals surface area contributed by atoms with Crippen LogP contribution in [0.3, 0.4) is 0 Å². The minimum absolute atomic E-state index is 0.00217. The zero-order chi connectivity index (χ0) is 26.4. The third kappa shape index (κ3) is 5.78. The van der Waals surface area contributed by atoms with Gasteiger partial charge in [0, 0.05) is 24.6 Å². The number of hydrogen-bond acceptors (Lipinski definition) is 6. The molecule has 8 nitrogen and oxygen atoms in total. The molecule has 8 heteroatoms. The number of carbonyl (C=O) groups is 2. The molecule has 2 aliphatic rings. The Morgan fingerprint density at radius 2 is 1.46 bits per heavy atom. The zero-order valence-electron chi connectivity index (χ0n) is 22.2. The number of benzene rings is 2. The summed E-state index contributed by atoms with van der Waals surface area (Å²) in [5.41, 5.74) is 1.45. The highest BCUT2D eigenvalue weighted by molar-refractivity contribution is 5.98. The number of amides is 2. The maximum Gasteiger partial charge on any atom is 0.227 e. The van der Waals surface area contributed by atoms with E-state index in [1.54, 1.807) is 45.5 Å². The smallest absolute Gasteiger partial charge is 0.227 e. The van der Waals surface area contributed by atoms with Crippen LogP contribution in [0, 0.1) is 5.92 Å². The predicted octanol–water partition coefficient (Wildman–Crippen LogP) is 5.04. The van der Waals surface area contributed by atoms with Crippen molar-refractivity contribution in [3.05, 3.63) is 42.0 Å². The van der Waals surface area contributed by atoms with E-state index in [4.69, 9.17) is 18.9 Å². The number of nitrogens with one attached hydrogen (secondary N) is 1. The number of nitrogens with zero attached hydrogens (tertiary/aromatic N) is 1. The van der Waals surface area contributed by atoms with Gasteiger partial charge in [-0.2, -0.15) is 0 Å². The average molecular weight is 511 g/mol. The van der Waals surface area contributed by atoms with Crippen LogP contribution in [-0.2, 0) is 9.59 Å². The quantitative estimate of drug-likeness (QED) is 0.501. The summed E-state index contributed by atoms with van der Waals surface area (Å²) in [7, 11) is 6.25. The van der Waals surface area contributed by atoms with E-state index in [0.717, 1.165) is 31.2 Å². The molecule has 2 fully saturated rings. The summed E-state index contributed by atoms with van der Waals surface area (Å²) in [6.07, 6.45) is 7.45. The first kappa shape index (κ1) is 26.6. The zero-order valence-corrected chi connectivity index (χ0v) is 22.2. The van der Waals surface area contributed by atoms with Crippen molar-refractivity contribution in [2.45, 2.75) is 63.5 Å². The highest BCUT2D eigenvalue weighted by Crippen LogP contribution is 2.46. The Bertz CT molecular complexity index is 1050. The van der Waals surface area contributed by atoms with Gasteiger partial charge in [0.1, 0.15) is 5.75 Å². The largest absolute Gasteiger partial charge is 0.497 e. The molecule has 1 N–H and O–H groups in total. The Morgan fingerprint density at radius 3 is 2.00 bits per heavy atom. The van der Waals surface area contributed by atoms with Crippen LogP contribution in [0.5, 0.6) is 23.0 Å². The van der Waals surface area contributed by atoms with Crippen molar-refractivity contribution >= 4 is 17.5 Å². The maximum atomic E-state index is 13.8. The number of rotatable bonds is 8. The minimum Gasteiger partial charge on any atom is -0.497 e. The van der Waals surface area contributed by atoms with Crippen molar-refractivity contribution in [2.75, 3.05) is 33.3 Å². The first-order valence-corrected chi connectivity index (χ1v) is 13.1. The van der Waals surface area contributed by atoms with Crippen molar-refractivity contribution in [1.82, 2.24) is 5.32 Å². The summed E-state index contributed by atoms with van der Waals surface area (Å²) in [5, 5.41) is 3.33. The maximum absolute atomic E-state index is 13.8. The minimum atomic E-state index is -0.499. The highest BCUT2D eigenvalue weighted by Gasteiger charge is 2.42. The summed E-state index contributed by atoms with van der Waals surface area (Å²) in [5.74, 6) is 1.58. The van der Waals surface area contributed by atoms with E-state index in [-0.39, 0.29) is 24.3 Å². The van der Waals surface area contributed by atoms with Crippen LogP contribution < -0.4 is 29.2 Å². The van der Waals surface area contributed by atoms with Crippen LogP contribution in [0.25, 0.3) is 0 Å². The van der Waals surface area contributed by atoms with Crippen molar-refractivity contribution in [2.24, 2.45) is 5.92 Å². The lowest BCUT2D eigenvalue weighted by atomic mass is 9.82. The fraction of sp³-hybridized carbons (Fsp3) is 0.517. The molecule has 2 amide bonds. The molecule has 2 unspecified atom stereocenters. The van der Waals surface area contributed by atoms with Crippen molar-refractivity contribution in [3.63, 3.8) is 0 Å². The van der Waals surface area contributed by atoms with Gasteiger partial charge < -0.3 is 29.2 Å². The van der Waals surface area contributed by atoms with Crippen molar-refractivity contribution in [1.29, 1.82) is 0 Å². The van der Waals surface area contributed by atoms with Gasteiger partial charge in [-0.05, 0) is 37.0 Å². The van der Waals surface area contributed by atoms with Crippen molar-refractivity contribution < 1.29 is 28.5 Å². The number of anilines is 1. The highest BCUT2D eigenvalue weighted by atomic mass is 16.5. The molecule has 2 atom stereocenters. The van der Waals surface area contributed by atoms with Gasteiger partial charge in [-0.25, -0.2) is 0 Å². The molecular weight excluding hydrogens is 472 g/mol. The monoisotopic (exact) mass is 510 g/mol. The van der Waals surface area contributed by atoms with Gasteiger partial charge in [0.15, 0.2) is 11.5 Å². The van der Waals surface area contributed by atoms with Crippen LogP contribution in [-0.4, -0.2) is 46.3 Å². The van der Waals surface area contributed by atoms with Crippen LogP contribution in [0.15, 0.2) is 36.4 Å². The van der Waals surface area contributed by atoms with Gasteiger partial charge in [0.05, 0.1) is 46.1 Å². The van der Waals surface area contributed by atoms with Gasteiger partial charge in [-0.3, -0.25) is 9.59 Å². The van der Waals surface area contributed by atoms with E-state index in [2.05, 4.69) is 5.32 Å². The molecule has 0 bridgehead atoms. The van der Waals surface area contributed by atoms with Crippen LogP contribution in [0.2, 0.25) is 0 Å². The third-order valence-electron chi connectivity index (χ3n) is 7.52. The lowest BCUT2D eigenvalue weighted by Crippen LogP contribution is -2.50. The topological polar surface area (TPSA) is 86.3 Å². The van der Waals surface area contributed by atoms with E-state index < -0.39 is 12.0 Å². The molecule has 0 aromatic heterocycles. The van der Waals surface area contributed by atoms with Crippen LogP contribution in [0.1, 0.15) is 63.0 Å². The van der Waals surface area contributed by atoms with Gasteiger partial charge in [-0.15, -0.1) is 0 Å². The summed E-state index contributed by atoms with van der Waals surface area (Å²) in [6.45, 7) is 0. The standard InChI is InChI=1S/C29H38N2O6/c1-34-22-13-11-19(12-14-22)27-23(29(33)30-20-9-7-5-6-8-10-20)15-16-26(32)31(27)21-17-24(35-2)28(37-4)25(18-21)36-3/h11-14,17-18,20,23,27H,5-10,15-16H2,1-4H3,(H,30,33). The molecule has 0 radical (unpaired) electrons. The summed E-state index contributed by atoms with van der Waals surface area (Å²) >= 11 is 0. The molecule has 1 saturated carbocycles. The second kappa shape index (κ2) is 12.2. The Hall–Kier alpha value is -3.42. The summed E-state index contributed by atoms with van der Waals surface area (Å²) in [4.78, 5) is 29.0. The second-order valence-corrected chi connectivity index (χ2v) is 9.71. The molecule has 37 heavy (non-hydrogen) atoms. The Morgan fingerprint density at radius 1 is 0.838 bits per heavy atom. The first-order chi connectivity index (χ1) is 18.0. The molecule has 1 heterocycles. The molecule has 1 aliphatic heterocycles. The first-order valence-electron chi connectivity index (χ1n) is 13.1.